The third kappa shape index (κ3) is 4.98. The fourth-order valence-corrected chi connectivity index (χ4v) is 3.61. The summed E-state index contributed by atoms with van der Waals surface area (Å²) in [5.74, 6) is 1.38. The Hall–Kier alpha value is -2.79. The highest BCUT2D eigenvalue weighted by molar-refractivity contribution is 9.10. The van der Waals surface area contributed by atoms with Crippen LogP contribution < -0.4 is 14.8 Å². The predicted octanol–water partition coefficient (Wildman–Crippen LogP) is 5.32. The zero-order chi connectivity index (χ0) is 20.1. The lowest BCUT2D eigenvalue weighted by atomic mass is 9.98. The van der Waals surface area contributed by atoms with Gasteiger partial charge in [0.05, 0.1) is 19.3 Å². The van der Waals surface area contributed by atoms with Gasteiger partial charge in [-0.15, -0.1) is 0 Å². The number of nitrogens with one attached hydrogen (secondary N) is 1. The van der Waals surface area contributed by atoms with Crippen molar-refractivity contribution in [3.8, 4) is 11.5 Å². The predicted molar refractivity (Wildman–Crippen MR) is 117 cm³/mol. The lowest BCUT2D eigenvalue weighted by Crippen LogP contribution is -2.30. The highest BCUT2D eigenvalue weighted by Crippen LogP contribution is 2.33. The van der Waals surface area contributed by atoms with Gasteiger partial charge in [0.25, 0.3) is 5.91 Å². The minimum absolute atomic E-state index is 0.106. The Kier molecular flexibility index (Phi) is 6.15. The van der Waals surface area contributed by atoms with Crippen LogP contribution in [-0.4, -0.2) is 19.1 Å². The smallest absolute Gasteiger partial charge is 0.251 e. The second-order valence-electron chi connectivity index (χ2n) is 6.98. The maximum atomic E-state index is 12.9. The van der Waals surface area contributed by atoms with Crippen LogP contribution in [-0.2, 0) is 6.42 Å². The molecule has 0 saturated heterocycles. The summed E-state index contributed by atoms with van der Waals surface area (Å²) in [6, 6.07) is 23.2. The van der Waals surface area contributed by atoms with E-state index in [4.69, 9.17) is 9.47 Å². The average Bonchev–Trinajstić information content (AvgIpc) is 2.99. The van der Waals surface area contributed by atoms with E-state index in [1.54, 1.807) is 0 Å². The van der Waals surface area contributed by atoms with Crippen molar-refractivity contribution in [2.24, 2.45) is 0 Å². The molecule has 0 aliphatic carbocycles. The lowest BCUT2D eigenvalue weighted by molar-refractivity contribution is 0.0936. The molecule has 1 aliphatic rings. The van der Waals surface area contributed by atoms with Gasteiger partial charge in [-0.1, -0.05) is 52.3 Å². The number of benzene rings is 3. The number of fused-ring (bicyclic) bond motifs is 1. The summed E-state index contributed by atoms with van der Waals surface area (Å²) in [6.45, 7) is 1.28. The summed E-state index contributed by atoms with van der Waals surface area (Å²) in [4.78, 5) is 12.9. The molecule has 1 aliphatic heterocycles. The molecular weight excluding hydrogens is 430 g/mol. The van der Waals surface area contributed by atoms with Gasteiger partial charge in [-0.05, 0) is 53.9 Å². The lowest BCUT2D eigenvalue weighted by Gasteiger charge is -2.21. The number of hydrogen-bond donors (Lipinski definition) is 1. The normalized spacial score (nSPS) is 14.0. The van der Waals surface area contributed by atoms with Gasteiger partial charge in [0, 0.05) is 16.5 Å². The highest BCUT2D eigenvalue weighted by atomic mass is 79.9. The highest BCUT2D eigenvalue weighted by Gasteiger charge is 2.19. The zero-order valence-electron chi connectivity index (χ0n) is 15.9. The van der Waals surface area contributed by atoms with Crippen LogP contribution >= 0.6 is 15.9 Å². The van der Waals surface area contributed by atoms with Crippen LogP contribution in [0.2, 0.25) is 0 Å². The number of carbonyl (C=O) groups excluding carboxylic acids is 1. The first-order valence-corrected chi connectivity index (χ1v) is 10.5. The number of amides is 1. The van der Waals surface area contributed by atoms with E-state index in [-0.39, 0.29) is 11.9 Å². The van der Waals surface area contributed by atoms with E-state index in [0.717, 1.165) is 33.5 Å². The quantitative estimate of drug-likeness (QED) is 0.570. The maximum Gasteiger partial charge on any atom is 0.251 e. The number of hydrogen-bond acceptors (Lipinski definition) is 3. The second kappa shape index (κ2) is 9.14. The summed E-state index contributed by atoms with van der Waals surface area (Å²) in [6.07, 6.45) is 1.54. The van der Waals surface area contributed by atoms with E-state index in [0.29, 0.717) is 25.2 Å². The monoisotopic (exact) mass is 451 g/mol. The SMILES string of the molecule is O=C(NC(Cc1ccccc1)c1ccc2c(c1)OCCCO2)c1ccc(Br)cc1. The van der Waals surface area contributed by atoms with E-state index < -0.39 is 0 Å². The number of halogens is 1. The van der Waals surface area contributed by atoms with Gasteiger partial charge in [0.1, 0.15) is 0 Å². The molecular formula is C24H22BrNO3. The molecule has 29 heavy (non-hydrogen) atoms. The van der Waals surface area contributed by atoms with Crippen LogP contribution in [0.15, 0.2) is 77.3 Å². The maximum absolute atomic E-state index is 12.9. The molecule has 148 valence electrons. The minimum atomic E-state index is -0.189. The third-order valence-electron chi connectivity index (χ3n) is 4.87. The van der Waals surface area contributed by atoms with Gasteiger partial charge in [-0.2, -0.15) is 0 Å². The van der Waals surface area contributed by atoms with Crippen molar-refractivity contribution >= 4 is 21.8 Å². The molecule has 3 aromatic rings. The summed E-state index contributed by atoms with van der Waals surface area (Å²) in [7, 11) is 0. The fraction of sp³-hybridized carbons (Fsp3) is 0.208. The summed E-state index contributed by atoms with van der Waals surface area (Å²) in [5, 5.41) is 3.19. The van der Waals surface area contributed by atoms with E-state index in [9.17, 15) is 4.79 Å². The van der Waals surface area contributed by atoms with E-state index in [1.807, 2.05) is 60.7 Å². The topological polar surface area (TPSA) is 47.6 Å². The Morgan fingerprint density at radius 2 is 1.66 bits per heavy atom. The van der Waals surface area contributed by atoms with Gasteiger partial charge < -0.3 is 14.8 Å². The molecule has 0 fully saturated rings. The van der Waals surface area contributed by atoms with E-state index in [2.05, 4.69) is 33.4 Å². The Morgan fingerprint density at radius 1 is 0.931 bits per heavy atom. The standard InChI is InChI=1S/C24H22BrNO3/c25-20-10-7-18(8-11-20)24(27)26-21(15-17-5-2-1-3-6-17)19-9-12-22-23(16-19)29-14-4-13-28-22/h1-3,5-12,16,21H,4,13-15H2,(H,26,27). The van der Waals surface area contributed by atoms with Crippen LogP contribution in [0.4, 0.5) is 0 Å². The summed E-state index contributed by atoms with van der Waals surface area (Å²) >= 11 is 3.41. The van der Waals surface area contributed by atoms with Crippen molar-refractivity contribution in [3.63, 3.8) is 0 Å². The Balaban J connectivity index is 1.62. The molecule has 0 saturated carbocycles. The number of rotatable bonds is 5. The van der Waals surface area contributed by atoms with Crippen molar-refractivity contribution in [1.82, 2.24) is 5.32 Å². The molecule has 3 aromatic carbocycles. The molecule has 0 aromatic heterocycles. The minimum Gasteiger partial charge on any atom is -0.490 e. The molecule has 0 spiro atoms. The van der Waals surface area contributed by atoms with Crippen LogP contribution in [0, 0.1) is 0 Å². The van der Waals surface area contributed by atoms with E-state index in [1.165, 1.54) is 0 Å². The van der Waals surface area contributed by atoms with Gasteiger partial charge >= 0.3 is 0 Å². The van der Waals surface area contributed by atoms with Crippen LogP contribution in [0.5, 0.6) is 11.5 Å². The van der Waals surface area contributed by atoms with Gasteiger partial charge in [0.15, 0.2) is 11.5 Å². The van der Waals surface area contributed by atoms with Crippen molar-refractivity contribution in [2.45, 2.75) is 18.9 Å². The fourth-order valence-electron chi connectivity index (χ4n) is 3.34. The zero-order valence-corrected chi connectivity index (χ0v) is 17.5. The van der Waals surface area contributed by atoms with Gasteiger partial charge in [0.2, 0.25) is 0 Å². The molecule has 1 heterocycles. The van der Waals surface area contributed by atoms with Crippen LogP contribution in [0.25, 0.3) is 0 Å². The third-order valence-corrected chi connectivity index (χ3v) is 5.40. The Bertz CT molecular complexity index is 973. The first kappa shape index (κ1) is 19.5. The molecule has 1 unspecified atom stereocenters. The van der Waals surface area contributed by atoms with Crippen molar-refractivity contribution in [3.05, 3.63) is 94.0 Å². The van der Waals surface area contributed by atoms with Gasteiger partial charge in [-0.3, -0.25) is 4.79 Å². The molecule has 4 rings (SSSR count). The van der Waals surface area contributed by atoms with Crippen molar-refractivity contribution in [1.29, 1.82) is 0 Å². The first-order chi connectivity index (χ1) is 14.2. The molecule has 1 amide bonds. The van der Waals surface area contributed by atoms with Crippen molar-refractivity contribution in [2.75, 3.05) is 13.2 Å². The Morgan fingerprint density at radius 3 is 2.41 bits per heavy atom. The van der Waals surface area contributed by atoms with Gasteiger partial charge in [-0.25, -0.2) is 0 Å². The number of ether oxygens (including phenoxy) is 2. The average molecular weight is 452 g/mol. The van der Waals surface area contributed by atoms with E-state index >= 15 is 0 Å². The number of carbonyl (C=O) groups is 1. The van der Waals surface area contributed by atoms with Crippen LogP contribution in [0.1, 0.15) is 33.9 Å². The largest absolute Gasteiger partial charge is 0.490 e. The molecule has 1 N–H and O–H groups in total. The second-order valence-corrected chi connectivity index (χ2v) is 7.89. The van der Waals surface area contributed by atoms with Crippen molar-refractivity contribution < 1.29 is 14.3 Å². The first-order valence-electron chi connectivity index (χ1n) is 9.69. The molecule has 4 nitrogen and oxygen atoms in total. The summed E-state index contributed by atoms with van der Waals surface area (Å²) in [5.41, 5.74) is 2.77. The Labute approximate surface area is 179 Å². The molecule has 1 atom stereocenters. The molecule has 0 radical (unpaired) electrons. The molecule has 0 bridgehead atoms. The van der Waals surface area contributed by atoms with Crippen LogP contribution in [0.3, 0.4) is 0 Å². The summed E-state index contributed by atoms with van der Waals surface area (Å²) < 4.78 is 12.5. The molecule has 5 heteroatoms.